The van der Waals surface area contributed by atoms with Crippen molar-refractivity contribution in [1.29, 1.82) is 0 Å². The van der Waals surface area contributed by atoms with E-state index < -0.39 is 0 Å². The summed E-state index contributed by atoms with van der Waals surface area (Å²) in [7, 11) is 2.16. The molecule has 0 atom stereocenters. The number of likely N-dealkylation sites (N-methyl/N-ethyl adjacent to an activating group) is 1. The van der Waals surface area contributed by atoms with Gasteiger partial charge in [-0.25, -0.2) is 4.98 Å². The standard InChI is InChI=1S/C20H30N4O2S/c1-16-19(27-17(2)21-16)20(25)24-9-6-18(7-10-24)26-15-5-4-8-23-13-11-22(3)12-14-23/h18H,6-15H2,1-3H3. The number of aryl methyl sites for hydroxylation is 2. The van der Waals surface area contributed by atoms with Crippen molar-refractivity contribution in [3.8, 4) is 11.8 Å². The minimum atomic E-state index is 0.114. The smallest absolute Gasteiger partial charge is 0.265 e. The third-order valence-corrected chi connectivity index (χ3v) is 6.30. The molecular formula is C20H30N4O2S. The maximum Gasteiger partial charge on any atom is 0.265 e. The van der Waals surface area contributed by atoms with Gasteiger partial charge in [-0.05, 0) is 33.7 Å². The molecule has 2 aliphatic heterocycles. The second kappa shape index (κ2) is 9.65. The van der Waals surface area contributed by atoms with Crippen LogP contribution in [-0.4, -0.2) is 91.2 Å². The number of ether oxygens (including phenoxy) is 1. The first-order valence-corrected chi connectivity index (χ1v) is 10.6. The third kappa shape index (κ3) is 5.76. The van der Waals surface area contributed by atoms with Crippen LogP contribution < -0.4 is 0 Å². The third-order valence-electron chi connectivity index (χ3n) is 5.24. The molecule has 27 heavy (non-hydrogen) atoms. The lowest BCUT2D eigenvalue weighted by molar-refractivity contribution is 0.0232. The van der Waals surface area contributed by atoms with E-state index in [2.05, 4.69) is 33.7 Å². The van der Waals surface area contributed by atoms with Crippen molar-refractivity contribution >= 4 is 17.2 Å². The topological polar surface area (TPSA) is 48.9 Å². The SMILES string of the molecule is Cc1nc(C)c(C(=O)N2CCC(OCC#CCN3CCN(C)CC3)CC2)s1. The quantitative estimate of drug-likeness (QED) is 0.732. The summed E-state index contributed by atoms with van der Waals surface area (Å²) >= 11 is 1.49. The van der Waals surface area contributed by atoms with Crippen LogP contribution in [0.1, 0.15) is 33.2 Å². The Morgan fingerprint density at radius 2 is 1.85 bits per heavy atom. The molecule has 2 aliphatic rings. The van der Waals surface area contributed by atoms with E-state index in [0.717, 1.165) is 74.2 Å². The first-order chi connectivity index (χ1) is 13.0. The molecule has 0 radical (unpaired) electrons. The summed E-state index contributed by atoms with van der Waals surface area (Å²) in [5.41, 5.74) is 0.844. The number of amides is 1. The van der Waals surface area contributed by atoms with Gasteiger partial charge in [0, 0.05) is 39.3 Å². The van der Waals surface area contributed by atoms with Crippen molar-refractivity contribution in [2.45, 2.75) is 32.8 Å². The summed E-state index contributed by atoms with van der Waals surface area (Å²) < 4.78 is 5.90. The molecule has 0 spiro atoms. The Bertz CT molecular complexity index is 693. The van der Waals surface area contributed by atoms with E-state index in [1.54, 1.807) is 0 Å². The normalized spacial score (nSPS) is 19.7. The van der Waals surface area contributed by atoms with Crippen molar-refractivity contribution in [2.75, 3.05) is 59.5 Å². The molecule has 2 fully saturated rings. The molecule has 1 aromatic rings. The number of nitrogens with zero attached hydrogens (tertiary/aromatic N) is 4. The number of likely N-dealkylation sites (tertiary alicyclic amines) is 1. The number of aromatic nitrogens is 1. The molecule has 3 rings (SSSR count). The predicted molar refractivity (Wildman–Crippen MR) is 108 cm³/mol. The second-order valence-corrected chi connectivity index (χ2v) is 8.59. The van der Waals surface area contributed by atoms with Gasteiger partial charge in [0.05, 0.1) is 23.4 Å². The Hall–Kier alpha value is -1.46. The minimum Gasteiger partial charge on any atom is -0.365 e. The summed E-state index contributed by atoms with van der Waals surface area (Å²) in [6, 6.07) is 0. The van der Waals surface area contributed by atoms with Gasteiger partial charge in [-0.3, -0.25) is 9.69 Å². The zero-order valence-electron chi connectivity index (χ0n) is 16.7. The van der Waals surface area contributed by atoms with Gasteiger partial charge in [-0.2, -0.15) is 0 Å². The Morgan fingerprint density at radius 3 is 2.48 bits per heavy atom. The van der Waals surface area contributed by atoms with Crippen LogP contribution in [0, 0.1) is 25.7 Å². The van der Waals surface area contributed by atoms with Crippen molar-refractivity contribution < 1.29 is 9.53 Å². The number of carbonyl (C=O) groups excluding carboxylic acids is 1. The molecule has 0 N–H and O–H groups in total. The largest absolute Gasteiger partial charge is 0.365 e. The maximum atomic E-state index is 12.6. The van der Waals surface area contributed by atoms with E-state index in [0.29, 0.717) is 6.61 Å². The van der Waals surface area contributed by atoms with Crippen LogP contribution in [0.3, 0.4) is 0 Å². The Balaban J connectivity index is 1.35. The molecule has 1 amide bonds. The van der Waals surface area contributed by atoms with Gasteiger partial charge in [0.25, 0.3) is 5.91 Å². The Labute approximate surface area is 166 Å². The highest BCUT2D eigenvalue weighted by Gasteiger charge is 2.26. The molecule has 0 aromatic carbocycles. The molecule has 148 valence electrons. The molecular weight excluding hydrogens is 360 g/mol. The van der Waals surface area contributed by atoms with Crippen molar-refractivity contribution in [1.82, 2.24) is 19.7 Å². The molecule has 7 heteroatoms. The Morgan fingerprint density at radius 1 is 1.15 bits per heavy atom. The van der Waals surface area contributed by atoms with Crippen LogP contribution in [0.4, 0.5) is 0 Å². The van der Waals surface area contributed by atoms with E-state index >= 15 is 0 Å². The van der Waals surface area contributed by atoms with Crippen LogP contribution in [-0.2, 0) is 4.74 Å². The number of hydrogen-bond acceptors (Lipinski definition) is 6. The summed E-state index contributed by atoms with van der Waals surface area (Å²) in [6.45, 7) is 11.1. The fraction of sp³-hybridized carbons (Fsp3) is 0.700. The lowest BCUT2D eigenvalue weighted by Gasteiger charge is -2.31. The fourth-order valence-corrected chi connectivity index (χ4v) is 4.37. The van der Waals surface area contributed by atoms with Crippen molar-refractivity contribution in [3.05, 3.63) is 15.6 Å². The average Bonchev–Trinajstić information content (AvgIpc) is 3.01. The number of rotatable bonds is 4. The number of hydrogen-bond donors (Lipinski definition) is 0. The van der Waals surface area contributed by atoms with E-state index in [1.807, 2.05) is 18.7 Å². The summed E-state index contributed by atoms with van der Waals surface area (Å²) in [6.07, 6.45) is 1.96. The highest BCUT2D eigenvalue weighted by Crippen LogP contribution is 2.22. The number of piperazine rings is 1. The lowest BCUT2D eigenvalue weighted by Crippen LogP contribution is -2.44. The monoisotopic (exact) mass is 390 g/mol. The highest BCUT2D eigenvalue weighted by molar-refractivity contribution is 7.13. The molecule has 0 unspecified atom stereocenters. The first-order valence-electron chi connectivity index (χ1n) is 9.74. The van der Waals surface area contributed by atoms with E-state index in [9.17, 15) is 4.79 Å². The van der Waals surface area contributed by atoms with Gasteiger partial charge in [-0.15, -0.1) is 11.3 Å². The van der Waals surface area contributed by atoms with Crippen LogP contribution in [0.2, 0.25) is 0 Å². The van der Waals surface area contributed by atoms with Crippen LogP contribution in [0.25, 0.3) is 0 Å². The summed E-state index contributed by atoms with van der Waals surface area (Å²) in [5, 5.41) is 0.948. The number of carbonyl (C=O) groups is 1. The molecule has 6 nitrogen and oxygen atoms in total. The molecule has 2 saturated heterocycles. The Kier molecular flexibility index (Phi) is 7.25. The zero-order chi connectivity index (χ0) is 19.2. The first kappa shape index (κ1) is 20.3. The molecule has 0 aliphatic carbocycles. The van der Waals surface area contributed by atoms with Gasteiger partial charge < -0.3 is 14.5 Å². The summed E-state index contributed by atoms with van der Waals surface area (Å²) in [5.74, 6) is 6.49. The summed E-state index contributed by atoms with van der Waals surface area (Å²) in [4.78, 5) is 24.4. The maximum absolute atomic E-state index is 12.6. The van der Waals surface area contributed by atoms with Gasteiger partial charge in [0.15, 0.2) is 0 Å². The molecule has 3 heterocycles. The van der Waals surface area contributed by atoms with Crippen LogP contribution >= 0.6 is 11.3 Å². The molecule has 0 bridgehead atoms. The van der Waals surface area contributed by atoms with Crippen molar-refractivity contribution in [3.63, 3.8) is 0 Å². The zero-order valence-corrected chi connectivity index (χ0v) is 17.5. The van der Waals surface area contributed by atoms with Gasteiger partial charge >= 0.3 is 0 Å². The predicted octanol–water partition coefficient (Wildman–Crippen LogP) is 1.63. The molecule has 1 aromatic heterocycles. The minimum absolute atomic E-state index is 0.114. The average molecular weight is 391 g/mol. The highest BCUT2D eigenvalue weighted by atomic mass is 32.1. The van der Waals surface area contributed by atoms with Crippen LogP contribution in [0.15, 0.2) is 0 Å². The molecule has 0 saturated carbocycles. The number of piperidine rings is 1. The van der Waals surface area contributed by atoms with Crippen LogP contribution in [0.5, 0.6) is 0 Å². The van der Waals surface area contributed by atoms with E-state index in [1.165, 1.54) is 11.3 Å². The van der Waals surface area contributed by atoms with Gasteiger partial charge in [0.2, 0.25) is 0 Å². The number of thiazole rings is 1. The van der Waals surface area contributed by atoms with E-state index in [4.69, 9.17) is 4.74 Å². The fourth-order valence-electron chi connectivity index (χ4n) is 3.48. The van der Waals surface area contributed by atoms with Crippen molar-refractivity contribution in [2.24, 2.45) is 0 Å². The van der Waals surface area contributed by atoms with Gasteiger partial charge in [-0.1, -0.05) is 11.8 Å². The second-order valence-electron chi connectivity index (χ2n) is 7.38. The van der Waals surface area contributed by atoms with Gasteiger partial charge in [0.1, 0.15) is 11.5 Å². The lowest BCUT2D eigenvalue weighted by atomic mass is 10.1. The van der Waals surface area contributed by atoms with E-state index in [-0.39, 0.29) is 12.0 Å².